The summed E-state index contributed by atoms with van der Waals surface area (Å²) in [6.07, 6.45) is 2.75. The van der Waals surface area contributed by atoms with Gasteiger partial charge in [-0.1, -0.05) is 5.16 Å². The van der Waals surface area contributed by atoms with Gasteiger partial charge in [-0.2, -0.15) is 4.98 Å². The van der Waals surface area contributed by atoms with Gasteiger partial charge in [0.2, 0.25) is 17.6 Å². The van der Waals surface area contributed by atoms with Crippen LogP contribution in [0.15, 0.2) is 28.8 Å². The third-order valence-corrected chi connectivity index (χ3v) is 6.68. The van der Waals surface area contributed by atoms with E-state index in [9.17, 15) is 4.79 Å². The topological polar surface area (TPSA) is 87.0 Å². The molecule has 3 heterocycles. The van der Waals surface area contributed by atoms with Crippen LogP contribution < -0.4 is 10.1 Å². The number of nitrogens with one attached hydrogen (secondary N) is 1. The van der Waals surface area contributed by atoms with E-state index in [0.717, 1.165) is 82.9 Å². The lowest BCUT2D eigenvalue weighted by molar-refractivity contribution is -0.126. The van der Waals surface area contributed by atoms with Gasteiger partial charge in [0.1, 0.15) is 5.75 Å². The Kier molecular flexibility index (Phi) is 8.30. The number of ether oxygens (including phenoxy) is 1. The Hall–Kier alpha value is -2.49. The van der Waals surface area contributed by atoms with Crippen molar-refractivity contribution in [2.45, 2.75) is 25.8 Å². The zero-order chi connectivity index (χ0) is 23.0. The van der Waals surface area contributed by atoms with Gasteiger partial charge in [0.05, 0.1) is 13.7 Å². The van der Waals surface area contributed by atoms with Crippen LogP contribution in [0, 0.1) is 5.92 Å². The Morgan fingerprint density at radius 3 is 2.52 bits per heavy atom. The maximum absolute atomic E-state index is 12.6. The number of hydrogen-bond acceptors (Lipinski definition) is 8. The molecular weight excluding hydrogens is 420 g/mol. The van der Waals surface area contributed by atoms with Crippen LogP contribution in [-0.4, -0.2) is 97.3 Å². The van der Waals surface area contributed by atoms with Crippen LogP contribution in [0.5, 0.6) is 5.75 Å². The van der Waals surface area contributed by atoms with E-state index in [2.05, 4.69) is 37.2 Å². The molecule has 1 amide bonds. The molecule has 2 fully saturated rings. The second-order valence-corrected chi connectivity index (χ2v) is 9.08. The minimum Gasteiger partial charge on any atom is -0.497 e. The quantitative estimate of drug-likeness (QED) is 0.571. The first-order valence-electron chi connectivity index (χ1n) is 12.0. The Morgan fingerprint density at radius 1 is 1.09 bits per heavy atom. The number of hydrogen-bond donors (Lipinski definition) is 1. The number of carbonyl (C=O) groups excluding carboxylic acids is 1. The van der Waals surface area contributed by atoms with Crippen LogP contribution in [0.2, 0.25) is 0 Å². The first kappa shape index (κ1) is 23.7. The molecule has 0 saturated carbocycles. The molecule has 0 aliphatic carbocycles. The van der Waals surface area contributed by atoms with Gasteiger partial charge in [0.15, 0.2) is 0 Å². The zero-order valence-corrected chi connectivity index (χ0v) is 19.8. The van der Waals surface area contributed by atoms with E-state index in [1.165, 1.54) is 0 Å². The van der Waals surface area contributed by atoms with Crippen molar-refractivity contribution >= 4 is 5.91 Å². The van der Waals surface area contributed by atoms with Crippen molar-refractivity contribution in [3.8, 4) is 17.1 Å². The smallest absolute Gasteiger partial charge is 0.241 e. The fraction of sp³-hybridized carbons (Fsp3) is 0.625. The third-order valence-electron chi connectivity index (χ3n) is 6.68. The number of nitrogens with zero attached hydrogens (tertiary/aromatic N) is 5. The second kappa shape index (κ2) is 11.6. The molecule has 0 spiro atoms. The Morgan fingerprint density at radius 2 is 1.82 bits per heavy atom. The molecule has 9 nitrogen and oxygen atoms in total. The number of benzene rings is 1. The predicted octanol–water partition coefficient (Wildman–Crippen LogP) is 1.71. The van der Waals surface area contributed by atoms with E-state index in [1.807, 2.05) is 24.3 Å². The summed E-state index contributed by atoms with van der Waals surface area (Å²) in [6.45, 7) is 8.70. The summed E-state index contributed by atoms with van der Waals surface area (Å²) < 4.78 is 10.6. The minimum atomic E-state index is 0.0995. The molecule has 0 radical (unpaired) electrons. The van der Waals surface area contributed by atoms with Crippen molar-refractivity contribution < 1.29 is 14.1 Å². The average molecular weight is 457 g/mol. The maximum atomic E-state index is 12.6. The highest BCUT2D eigenvalue weighted by Crippen LogP contribution is 2.22. The van der Waals surface area contributed by atoms with Crippen molar-refractivity contribution in [1.29, 1.82) is 0 Å². The van der Waals surface area contributed by atoms with E-state index in [0.29, 0.717) is 18.3 Å². The van der Waals surface area contributed by atoms with Crippen molar-refractivity contribution in [2.24, 2.45) is 5.92 Å². The van der Waals surface area contributed by atoms with Crippen molar-refractivity contribution in [3.05, 3.63) is 30.2 Å². The highest BCUT2D eigenvalue weighted by atomic mass is 16.5. The number of aromatic nitrogens is 2. The standard InChI is InChI=1S/C24H36N6O3/c1-28-14-16-29(17-15-28)11-3-10-25-24(31)20-8-12-30(13-9-20)18-22-26-23(27-33-22)19-4-6-21(32-2)7-5-19/h4-7,20H,3,8-18H2,1-2H3,(H,25,31). The lowest BCUT2D eigenvalue weighted by Gasteiger charge is -2.32. The van der Waals surface area contributed by atoms with Crippen LogP contribution in [0.4, 0.5) is 0 Å². The predicted molar refractivity (Wildman–Crippen MR) is 126 cm³/mol. The third kappa shape index (κ3) is 6.75. The summed E-state index contributed by atoms with van der Waals surface area (Å²) in [6, 6.07) is 7.60. The molecule has 180 valence electrons. The number of likely N-dealkylation sites (N-methyl/N-ethyl adjacent to an activating group) is 1. The molecule has 1 aromatic carbocycles. The Labute approximate surface area is 196 Å². The van der Waals surface area contributed by atoms with Crippen LogP contribution in [0.1, 0.15) is 25.2 Å². The van der Waals surface area contributed by atoms with Gasteiger partial charge in [0.25, 0.3) is 0 Å². The van der Waals surface area contributed by atoms with Crippen LogP contribution in [0.25, 0.3) is 11.4 Å². The number of carbonyl (C=O) groups is 1. The fourth-order valence-corrected chi connectivity index (χ4v) is 4.45. The second-order valence-electron chi connectivity index (χ2n) is 9.08. The van der Waals surface area contributed by atoms with Gasteiger partial charge in [0, 0.05) is 44.2 Å². The van der Waals surface area contributed by atoms with Crippen molar-refractivity contribution in [3.63, 3.8) is 0 Å². The average Bonchev–Trinajstić information content (AvgIpc) is 3.32. The van der Waals surface area contributed by atoms with Crippen molar-refractivity contribution in [1.82, 2.24) is 30.2 Å². The van der Waals surface area contributed by atoms with Crippen LogP contribution in [0.3, 0.4) is 0 Å². The Bertz CT molecular complexity index is 871. The number of rotatable bonds is 9. The monoisotopic (exact) mass is 456 g/mol. The molecule has 9 heteroatoms. The maximum Gasteiger partial charge on any atom is 0.241 e. The lowest BCUT2D eigenvalue weighted by atomic mass is 9.96. The molecular formula is C24H36N6O3. The first-order valence-corrected chi connectivity index (χ1v) is 12.0. The summed E-state index contributed by atoms with van der Waals surface area (Å²) in [5, 5.41) is 7.26. The van der Waals surface area contributed by atoms with Gasteiger partial charge in [-0.15, -0.1) is 0 Å². The van der Waals surface area contributed by atoms with Gasteiger partial charge in [-0.05, 0) is 70.2 Å². The van der Waals surface area contributed by atoms with Crippen molar-refractivity contribution in [2.75, 3.05) is 66.5 Å². The summed E-state index contributed by atoms with van der Waals surface area (Å²) in [7, 11) is 3.81. The number of amides is 1. The normalized spacial score (nSPS) is 19.0. The van der Waals surface area contributed by atoms with E-state index < -0.39 is 0 Å². The van der Waals surface area contributed by atoms with E-state index in [1.54, 1.807) is 7.11 Å². The highest BCUT2D eigenvalue weighted by molar-refractivity contribution is 5.78. The molecule has 2 aliphatic rings. The zero-order valence-electron chi connectivity index (χ0n) is 19.8. The summed E-state index contributed by atoms with van der Waals surface area (Å²) in [5.41, 5.74) is 0.897. The number of methoxy groups -OCH3 is 1. The Balaban J connectivity index is 1.14. The van der Waals surface area contributed by atoms with E-state index >= 15 is 0 Å². The van der Waals surface area contributed by atoms with E-state index in [-0.39, 0.29) is 11.8 Å². The highest BCUT2D eigenvalue weighted by Gasteiger charge is 2.26. The SMILES string of the molecule is COc1ccc(-c2noc(CN3CCC(C(=O)NCCCN4CCN(C)CC4)CC3)n2)cc1. The molecule has 1 N–H and O–H groups in total. The summed E-state index contributed by atoms with van der Waals surface area (Å²) in [4.78, 5) is 24.2. The summed E-state index contributed by atoms with van der Waals surface area (Å²) >= 11 is 0. The molecule has 2 aliphatic heterocycles. The van der Waals surface area contributed by atoms with E-state index in [4.69, 9.17) is 9.26 Å². The molecule has 0 atom stereocenters. The summed E-state index contributed by atoms with van der Waals surface area (Å²) in [5.74, 6) is 2.28. The number of likely N-dealkylation sites (tertiary alicyclic amines) is 1. The first-order chi connectivity index (χ1) is 16.1. The molecule has 4 rings (SSSR count). The largest absolute Gasteiger partial charge is 0.497 e. The lowest BCUT2D eigenvalue weighted by Crippen LogP contribution is -2.45. The number of piperidine rings is 1. The molecule has 33 heavy (non-hydrogen) atoms. The minimum absolute atomic E-state index is 0.0995. The fourth-order valence-electron chi connectivity index (χ4n) is 4.45. The molecule has 2 saturated heterocycles. The van der Waals surface area contributed by atoms with Gasteiger partial charge < -0.3 is 24.4 Å². The molecule has 0 unspecified atom stereocenters. The van der Waals surface area contributed by atoms with Gasteiger partial charge in [-0.25, -0.2) is 0 Å². The molecule has 2 aromatic rings. The van der Waals surface area contributed by atoms with Gasteiger partial charge in [-0.3, -0.25) is 9.69 Å². The van der Waals surface area contributed by atoms with Gasteiger partial charge >= 0.3 is 0 Å². The molecule has 0 bridgehead atoms. The molecule has 1 aromatic heterocycles. The van der Waals surface area contributed by atoms with Crippen LogP contribution in [-0.2, 0) is 11.3 Å². The van der Waals surface area contributed by atoms with Crippen LogP contribution >= 0.6 is 0 Å². The number of piperazine rings is 1.